The molecule has 2 N–H and O–H groups in total. The molecule has 0 saturated heterocycles. The van der Waals surface area contributed by atoms with Crippen molar-refractivity contribution in [3.8, 4) is 0 Å². The molecule has 0 aromatic carbocycles. The molecule has 1 heterocycles. The van der Waals surface area contributed by atoms with E-state index in [0.29, 0.717) is 5.01 Å². The van der Waals surface area contributed by atoms with Gasteiger partial charge in [0.05, 0.1) is 0 Å². The lowest BCUT2D eigenvalue weighted by atomic mass is 9.70. The molecule has 1 aromatic heterocycles. The molecular formula is C12H11NO4S. The number of carboxylic acids is 2. The van der Waals surface area contributed by atoms with Gasteiger partial charge in [-0.15, -0.1) is 11.3 Å². The summed E-state index contributed by atoms with van der Waals surface area (Å²) in [6.07, 6.45) is 5.93. The normalized spacial score (nSPS) is 26.7. The topological polar surface area (TPSA) is 87.5 Å². The number of aliphatic carboxylic acids is 2. The number of nitrogens with zero attached hydrogens (tertiary/aromatic N) is 1. The van der Waals surface area contributed by atoms with Gasteiger partial charge in [0.25, 0.3) is 0 Å². The fourth-order valence-electron chi connectivity index (χ4n) is 2.13. The van der Waals surface area contributed by atoms with Crippen LogP contribution in [0.4, 0.5) is 0 Å². The van der Waals surface area contributed by atoms with Crippen LogP contribution >= 0.6 is 11.3 Å². The molecule has 5 nitrogen and oxygen atoms in total. The Morgan fingerprint density at radius 1 is 1.44 bits per heavy atom. The Bertz CT molecular complexity index is 546. The van der Waals surface area contributed by atoms with E-state index in [4.69, 9.17) is 5.11 Å². The SMILES string of the molecule is CC1C(C(=O)O)=CC=CC1(C(=O)O)c1nccs1. The minimum atomic E-state index is -1.39. The zero-order chi connectivity index (χ0) is 13.3. The van der Waals surface area contributed by atoms with Crippen LogP contribution in [0, 0.1) is 5.92 Å². The van der Waals surface area contributed by atoms with E-state index in [-0.39, 0.29) is 5.57 Å². The fourth-order valence-corrected chi connectivity index (χ4v) is 3.03. The first-order valence-corrected chi connectivity index (χ1v) is 6.14. The van der Waals surface area contributed by atoms with Gasteiger partial charge in [0.15, 0.2) is 0 Å². The van der Waals surface area contributed by atoms with E-state index in [0.717, 1.165) is 0 Å². The second kappa shape index (κ2) is 4.38. The Labute approximate surface area is 107 Å². The molecule has 1 aliphatic rings. The average Bonchev–Trinajstić information content (AvgIpc) is 2.82. The van der Waals surface area contributed by atoms with Crippen LogP contribution in [-0.2, 0) is 15.0 Å². The van der Waals surface area contributed by atoms with E-state index < -0.39 is 23.3 Å². The standard InChI is InChI=1S/C12H11NO4S/c1-7-8(9(14)15)3-2-4-12(7,11(16)17)10-13-5-6-18-10/h2-7H,1H3,(H,14,15)(H,16,17). The minimum absolute atomic E-state index is 0.0788. The summed E-state index contributed by atoms with van der Waals surface area (Å²) in [6.45, 7) is 1.60. The largest absolute Gasteiger partial charge is 0.480 e. The number of aromatic nitrogens is 1. The van der Waals surface area contributed by atoms with Gasteiger partial charge in [-0.2, -0.15) is 0 Å². The van der Waals surface area contributed by atoms with Crippen LogP contribution in [0.1, 0.15) is 11.9 Å². The summed E-state index contributed by atoms with van der Waals surface area (Å²) < 4.78 is 0. The summed E-state index contributed by atoms with van der Waals surface area (Å²) in [6, 6.07) is 0. The van der Waals surface area contributed by atoms with Gasteiger partial charge in [0, 0.05) is 23.1 Å². The van der Waals surface area contributed by atoms with Crippen LogP contribution in [0.5, 0.6) is 0 Å². The first-order chi connectivity index (χ1) is 8.50. The number of thiazole rings is 1. The number of rotatable bonds is 3. The molecule has 0 spiro atoms. The van der Waals surface area contributed by atoms with Gasteiger partial charge in [0.1, 0.15) is 10.4 Å². The van der Waals surface area contributed by atoms with Crippen molar-refractivity contribution in [1.29, 1.82) is 0 Å². The third-order valence-electron chi connectivity index (χ3n) is 3.17. The van der Waals surface area contributed by atoms with E-state index in [1.165, 1.54) is 35.8 Å². The lowest BCUT2D eigenvalue weighted by Crippen LogP contribution is -2.43. The van der Waals surface area contributed by atoms with Gasteiger partial charge in [-0.3, -0.25) is 4.79 Å². The second-order valence-electron chi connectivity index (χ2n) is 4.02. The molecular weight excluding hydrogens is 254 g/mol. The first-order valence-electron chi connectivity index (χ1n) is 5.26. The van der Waals surface area contributed by atoms with Crippen molar-refractivity contribution >= 4 is 23.3 Å². The quantitative estimate of drug-likeness (QED) is 0.868. The molecule has 0 aliphatic heterocycles. The van der Waals surface area contributed by atoms with Crippen LogP contribution < -0.4 is 0 Å². The molecule has 6 heteroatoms. The molecule has 2 unspecified atom stereocenters. The molecule has 0 saturated carbocycles. The fraction of sp³-hybridized carbons (Fsp3) is 0.250. The van der Waals surface area contributed by atoms with E-state index in [1.807, 2.05) is 0 Å². The van der Waals surface area contributed by atoms with Gasteiger partial charge in [-0.1, -0.05) is 25.2 Å². The number of hydrogen-bond acceptors (Lipinski definition) is 4. The Balaban J connectivity index is 2.58. The third kappa shape index (κ3) is 1.65. The minimum Gasteiger partial charge on any atom is -0.480 e. The van der Waals surface area contributed by atoms with Gasteiger partial charge in [0.2, 0.25) is 0 Å². The molecule has 0 amide bonds. The third-order valence-corrected chi connectivity index (χ3v) is 4.10. The highest BCUT2D eigenvalue weighted by Gasteiger charge is 2.49. The highest BCUT2D eigenvalue weighted by Crippen LogP contribution is 2.41. The first kappa shape index (κ1) is 12.5. The highest BCUT2D eigenvalue weighted by atomic mass is 32.1. The Morgan fingerprint density at radius 3 is 2.67 bits per heavy atom. The summed E-state index contributed by atoms with van der Waals surface area (Å²) in [7, 11) is 0. The lowest BCUT2D eigenvalue weighted by molar-refractivity contribution is -0.143. The maximum absolute atomic E-state index is 11.6. The summed E-state index contributed by atoms with van der Waals surface area (Å²) >= 11 is 1.21. The summed E-state index contributed by atoms with van der Waals surface area (Å²) in [4.78, 5) is 26.8. The molecule has 0 radical (unpaired) electrons. The Kier molecular flexibility index (Phi) is 3.04. The van der Waals surface area contributed by atoms with Crippen LogP contribution in [0.2, 0.25) is 0 Å². The lowest BCUT2D eigenvalue weighted by Gasteiger charge is -2.32. The van der Waals surface area contributed by atoms with Crippen molar-refractivity contribution in [1.82, 2.24) is 4.98 Å². The van der Waals surface area contributed by atoms with Crippen molar-refractivity contribution < 1.29 is 19.8 Å². The summed E-state index contributed by atoms with van der Waals surface area (Å²) in [5.41, 5.74) is -1.31. The zero-order valence-corrected chi connectivity index (χ0v) is 10.3. The van der Waals surface area contributed by atoms with Gasteiger partial charge in [-0.05, 0) is 0 Å². The smallest absolute Gasteiger partial charge is 0.331 e. The molecule has 18 heavy (non-hydrogen) atoms. The van der Waals surface area contributed by atoms with Gasteiger partial charge in [-0.25, -0.2) is 9.78 Å². The van der Waals surface area contributed by atoms with E-state index in [2.05, 4.69) is 4.98 Å². The zero-order valence-electron chi connectivity index (χ0n) is 9.53. The van der Waals surface area contributed by atoms with E-state index in [9.17, 15) is 14.7 Å². The van der Waals surface area contributed by atoms with Crippen molar-refractivity contribution in [3.05, 3.63) is 40.4 Å². The van der Waals surface area contributed by atoms with Gasteiger partial charge < -0.3 is 10.2 Å². The molecule has 2 rings (SSSR count). The van der Waals surface area contributed by atoms with Gasteiger partial charge >= 0.3 is 11.9 Å². The average molecular weight is 265 g/mol. The number of carboxylic acid groups (broad SMARTS) is 2. The monoisotopic (exact) mass is 265 g/mol. The predicted molar refractivity (Wildman–Crippen MR) is 65.5 cm³/mol. The molecule has 2 atom stereocenters. The van der Waals surface area contributed by atoms with Crippen LogP contribution in [-0.4, -0.2) is 27.1 Å². The van der Waals surface area contributed by atoms with Crippen LogP contribution in [0.15, 0.2) is 35.4 Å². The van der Waals surface area contributed by atoms with E-state index in [1.54, 1.807) is 12.3 Å². The molecule has 1 aliphatic carbocycles. The van der Waals surface area contributed by atoms with Crippen LogP contribution in [0.25, 0.3) is 0 Å². The predicted octanol–water partition coefficient (Wildman–Crippen LogP) is 1.68. The van der Waals surface area contributed by atoms with Crippen molar-refractivity contribution in [2.45, 2.75) is 12.3 Å². The molecule has 94 valence electrons. The number of allylic oxidation sites excluding steroid dienone is 2. The van der Waals surface area contributed by atoms with Crippen molar-refractivity contribution in [3.63, 3.8) is 0 Å². The second-order valence-corrected chi connectivity index (χ2v) is 4.91. The van der Waals surface area contributed by atoms with Crippen molar-refractivity contribution in [2.75, 3.05) is 0 Å². The molecule has 1 aromatic rings. The molecule has 0 bridgehead atoms. The Hall–Kier alpha value is -1.95. The maximum Gasteiger partial charge on any atom is 0.331 e. The number of hydrogen-bond donors (Lipinski definition) is 2. The number of carbonyl (C=O) groups is 2. The summed E-state index contributed by atoms with van der Waals surface area (Å²) in [5, 5.41) is 20.7. The van der Waals surface area contributed by atoms with Crippen LogP contribution in [0.3, 0.4) is 0 Å². The molecule has 0 fully saturated rings. The highest BCUT2D eigenvalue weighted by molar-refractivity contribution is 7.09. The van der Waals surface area contributed by atoms with Crippen molar-refractivity contribution in [2.24, 2.45) is 5.92 Å². The van der Waals surface area contributed by atoms with E-state index >= 15 is 0 Å². The maximum atomic E-state index is 11.6. The summed E-state index contributed by atoms with van der Waals surface area (Å²) in [5.74, 6) is -2.87. The Morgan fingerprint density at radius 2 is 2.17 bits per heavy atom.